The molecule has 0 aromatic carbocycles. The van der Waals surface area contributed by atoms with Crippen molar-refractivity contribution in [2.75, 3.05) is 23.7 Å². The first kappa shape index (κ1) is 10.2. The maximum atomic E-state index is 5.62. The van der Waals surface area contributed by atoms with Gasteiger partial charge in [-0.1, -0.05) is 13.8 Å². The molecule has 82 valence electrons. The summed E-state index contributed by atoms with van der Waals surface area (Å²) >= 11 is 0. The molecule has 1 aromatic heterocycles. The predicted octanol–water partition coefficient (Wildman–Crippen LogP) is 1.69. The van der Waals surface area contributed by atoms with Gasteiger partial charge in [0.1, 0.15) is 11.6 Å². The molecule has 0 unspecified atom stereocenters. The standard InChI is InChI=1S/C11H18N4/c1-11(2)3-5-15(6-4-11)10-8-13-7-9(12)14-10/h7-8H,3-6H2,1-2H3,(H2,12,14). The largest absolute Gasteiger partial charge is 0.382 e. The Morgan fingerprint density at radius 2 is 1.93 bits per heavy atom. The molecule has 0 saturated carbocycles. The van der Waals surface area contributed by atoms with Gasteiger partial charge in [-0.2, -0.15) is 0 Å². The molecule has 1 aromatic rings. The number of nitrogens with two attached hydrogens (primary N) is 1. The minimum atomic E-state index is 0.463. The van der Waals surface area contributed by atoms with Crippen molar-refractivity contribution in [3.05, 3.63) is 12.4 Å². The molecule has 1 aliphatic heterocycles. The number of hydrogen-bond acceptors (Lipinski definition) is 4. The van der Waals surface area contributed by atoms with Crippen LogP contribution in [0.5, 0.6) is 0 Å². The van der Waals surface area contributed by atoms with E-state index in [1.807, 2.05) is 0 Å². The lowest BCUT2D eigenvalue weighted by atomic mass is 9.83. The van der Waals surface area contributed by atoms with Gasteiger partial charge in [-0.25, -0.2) is 4.98 Å². The van der Waals surface area contributed by atoms with E-state index in [1.54, 1.807) is 12.4 Å². The van der Waals surface area contributed by atoms with Gasteiger partial charge in [0, 0.05) is 13.1 Å². The van der Waals surface area contributed by atoms with Crippen LogP contribution in [0.1, 0.15) is 26.7 Å². The number of nitrogen functional groups attached to an aromatic ring is 1. The summed E-state index contributed by atoms with van der Waals surface area (Å²) in [4.78, 5) is 10.6. The van der Waals surface area contributed by atoms with Crippen molar-refractivity contribution in [1.29, 1.82) is 0 Å². The number of aromatic nitrogens is 2. The van der Waals surface area contributed by atoms with Gasteiger partial charge in [-0.3, -0.25) is 4.98 Å². The van der Waals surface area contributed by atoms with Gasteiger partial charge in [0.2, 0.25) is 0 Å². The summed E-state index contributed by atoms with van der Waals surface area (Å²) in [5.74, 6) is 1.41. The minimum absolute atomic E-state index is 0.463. The number of anilines is 2. The van der Waals surface area contributed by atoms with E-state index in [4.69, 9.17) is 5.73 Å². The summed E-state index contributed by atoms with van der Waals surface area (Å²) in [6.07, 6.45) is 5.76. The smallest absolute Gasteiger partial charge is 0.149 e. The SMILES string of the molecule is CC1(C)CCN(c2cncc(N)n2)CC1. The van der Waals surface area contributed by atoms with Crippen LogP contribution in [0.2, 0.25) is 0 Å². The molecule has 4 heteroatoms. The van der Waals surface area contributed by atoms with E-state index in [9.17, 15) is 0 Å². The highest BCUT2D eigenvalue weighted by molar-refractivity contribution is 5.41. The second-order valence-corrected chi connectivity index (χ2v) is 4.95. The quantitative estimate of drug-likeness (QED) is 0.759. The van der Waals surface area contributed by atoms with Crippen molar-refractivity contribution in [3.63, 3.8) is 0 Å². The van der Waals surface area contributed by atoms with Crippen molar-refractivity contribution in [2.45, 2.75) is 26.7 Å². The Labute approximate surface area is 90.5 Å². The van der Waals surface area contributed by atoms with Gasteiger partial charge >= 0.3 is 0 Å². The van der Waals surface area contributed by atoms with E-state index >= 15 is 0 Å². The van der Waals surface area contributed by atoms with Crippen LogP contribution in [0.25, 0.3) is 0 Å². The van der Waals surface area contributed by atoms with Crippen LogP contribution < -0.4 is 10.6 Å². The molecular weight excluding hydrogens is 188 g/mol. The molecule has 0 amide bonds. The Balaban J connectivity index is 2.08. The summed E-state index contributed by atoms with van der Waals surface area (Å²) in [6, 6.07) is 0. The second kappa shape index (κ2) is 3.68. The third kappa shape index (κ3) is 2.37. The molecule has 0 aliphatic carbocycles. The fraction of sp³-hybridized carbons (Fsp3) is 0.636. The van der Waals surface area contributed by atoms with Crippen LogP contribution in [0.3, 0.4) is 0 Å². The van der Waals surface area contributed by atoms with Crippen LogP contribution in [-0.4, -0.2) is 23.1 Å². The van der Waals surface area contributed by atoms with Gasteiger partial charge < -0.3 is 10.6 Å². The minimum Gasteiger partial charge on any atom is -0.382 e. The number of piperidine rings is 1. The summed E-state index contributed by atoms with van der Waals surface area (Å²) in [7, 11) is 0. The monoisotopic (exact) mass is 206 g/mol. The van der Waals surface area contributed by atoms with Crippen LogP contribution >= 0.6 is 0 Å². The lowest BCUT2D eigenvalue weighted by Crippen LogP contribution is -2.37. The molecule has 1 saturated heterocycles. The fourth-order valence-corrected chi connectivity index (χ4v) is 1.86. The average Bonchev–Trinajstić information content (AvgIpc) is 2.17. The zero-order chi connectivity index (χ0) is 10.9. The van der Waals surface area contributed by atoms with Crippen LogP contribution in [0.15, 0.2) is 12.4 Å². The molecule has 2 N–H and O–H groups in total. The van der Waals surface area contributed by atoms with Crippen molar-refractivity contribution in [2.24, 2.45) is 5.41 Å². The lowest BCUT2D eigenvalue weighted by molar-refractivity contribution is 0.279. The molecule has 0 bridgehead atoms. The van der Waals surface area contributed by atoms with Crippen molar-refractivity contribution >= 4 is 11.6 Å². The maximum absolute atomic E-state index is 5.62. The van der Waals surface area contributed by atoms with E-state index in [2.05, 4.69) is 28.7 Å². The second-order valence-electron chi connectivity index (χ2n) is 4.95. The van der Waals surface area contributed by atoms with Crippen LogP contribution in [0.4, 0.5) is 11.6 Å². The first-order valence-electron chi connectivity index (χ1n) is 5.39. The molecule has 4 nitrogen and oxygen atoms in total. The van der Waals surface area contributed by atoms with Crippen LogP contribution in [0, 0.1) is 5.41 Å². The van der Waals surface area contributed by atoms with E-state index in [0.29, 0.717) is 11.2 Å². The molecular formula is C11H18N4. The zero-order valence-corrected chi connectivity index (χ0v) is 9.40. The van der Waals surface area contributed by atoms with Gasteiger partial charge in [-0.15, -0.1) is 0 Å². The van der Waals surface area contributed by atoms with Crippen molar-refractivity contribution in [3.8, 4) is 0 Å². The zero-order valence-electron chi connectivity index (χ0n) is 9.40. The number of nitrogens with zero attached hydrogens (tertiary/aromatic N) is 3. The third-order valence-corrected chi connectivity index (χ3v) is 3.08. The lowest BCUT2D eigenvalue weighted by Gasteiger charge is -2.37. The predicted molar refractivity (Wildman–Crippen MR) is 61.7 cm³/mol. The molecule has 0 spiro atoms. The van der Waals surface area contributed by atoms with Gasteiger partial charge in [0.25, 0.3) is 0 Å². The van der Waals surface area contributed by atoms with E-state index in [0.717, 1.165) is 18.9 Å². The Bertz CT molecular complexity index is 338. The molecule has 0 atom stereocenters. The first-order valence-corrected chi connectivity index (χ1v) is 5.39. The summed E-state index contributed by atoms with van der Waals surface area (Å²) in [5, 5.41) is 0. The fourth-order valence-electron chi connectivity index (χ4n) is 1.86. The highest BCUT2D eigenvalue weighted by Gasteiger charge is 2.25. The number of rotatable bonds is 1. The topological polar surface area (TPSA) is 55.0 Å². The molecule has 0 radical (unpaired) electrons. The van der Waals surface area contributed by atoms with Crippen molar-refractivity contribution < 1.29 is 0 Å². The average molecular weight is 206 g/mol. The highest BCUT2D eigenvalue weighted by Crippen LogP contribution is 2.31. The summed E-state index contributed by atoms with van der Waals surface area (Å²) < 4.78 is 0. The Morgan fingerprint density at radius 3 is 2.53 bits per heavy atom. The molecule has 15 heavy (non-hydrogen) atoms. The summed E-state index contributed by atoms with van der Waals surface area (Å²) in [6.45, 7) is 6.72. The highest BCUT2D eigenvalue weighted by atomic mass is 15.2. The van der Waals surface area contributed by atoms with Crippen LogP contribution in [-0.2, 0) is 0 Å². The van der Waals surface area contributed by atoms with Gasteiger partial charge in [0.15, 0.2) is 0 Å². The first-order chi connectivity index (χ1) is 7.07. The van der Waals surface area contributed by atoms with E-state index < -0.39 is 0 Å². The molecule has 2 heterocycles. The summed E-state index contributed by atoms with van der Waals surface area (Å²) in [5.41, 5.74) is 6.08. The van der Waals surface area contributed by atoms with Gasteiger partial charge in [-0.05, 0) is 18.3 Å². The Morgan fingerprint density at radius 1 is 1.27 bits per heavy atom. The maximum Gasteiger partial charge on any atom is 0.149 e. The number of hydrogen-bond donors (Lipinski definition) is 1. The third-order valence-electron chi connectivity index (χ3n) is 3.08. The van der Waals surface area contributed by atoms with E-state index in [-0.39, 0.29) is 0 Å². The Hall–Kier alpha value is -1.32. The molecule has 2 rings (SSSR count). The van der Waals surface area contributed by atoms with Gasteiger partial charge in [0.05, 0.1) is 12.4 Å². The van der Waals surface area contributed by atoms with E-state index in [1.165, 1.54) is 12.8 Å². The molecule has 1 aliphatic rings. The normalized spacial score (nSPS) is 20.3. The molecule has 1 fully saturated rings. The Kier molecular flexibility index (Phi) is 2.50. The van der Waals surface area contributed by atoms with Crippen molar-refractivity contribution in [1.82, 2.24) is 9.97 Å².